The molecule has 1 heterocycles. The van der Waals surface area contributed by atoms with Gasteiger partial charge in [0, 0.05) is 11.3 Å². The van der Waals surface area contributed by atoms with Crippen LogP contribution in [0.2, 0.25) is 5.02 Å². The number of nitrogens with one attached hydrogen (secondary N) is 1. The summed E-state index contributed by atoms with van der Waals surface area (Å²) in [5.74, 6) is 1.24. The van der Waals surface area contributed by atoms with Gasteiger partial charge in [-0.25, -0.2) is 4.98 Å². The Hall–Kier alpha value is -3.31. The number of anilines is 1. The normalized spacial score (nSPS) is 11.2. The van der Waals surface area contributed by atoms with Crippen molar-refractivity contribution in [2.45, 2.75) is 33.6 Å². The SMILES string of the molecule is Cc1cc(C)c(OCC(=O)Nc2ccc(-c3nc4cc(C(C)C)ccc4o3)cc2)c(Cl)c1. The molecule has 1 aromatic heterocycles. The summed E-state index contributed by atoms with van der Waals surface area (Å²) in [6, 6.07) is 17.2. The predicted octanol–water partition coefficient (Wildman–Crippen LogP) is 6.91. The van der Waals surface area contributed by atoms with E-state index in [1.54, 1.807) is 0 Å². The molecule has 3 aromatic carbocycles. The fourth-order valence-electron chi connectivity index (χ4n) is 3.54. The van der Waals surface area contributed by atoms with Crippen molar-refractivity contribution in [3.8, 4) is 17.2 Å². The number of nitrogens with zero attached hydrogens (tertiary/aromatic N) is 1. The van der Waals surface area contributed by atoms with Gasteiger partial charge in [-0.15, -0.1) is 0 Å². The largest absolute Gasteiger partial charge is 0.482 e. The number of ether oxygens (including phenoxy) is 1. The molecule has 5 nitrogen and oxygen atoms in total. The minimum Gasteiger partial charge on any atom is -0.482 e. The molecule has 0 aliphatic carbocycles. The quantitative estimate of drug-likeness (QED) is 0.348. The zero-order valence-corrected chi connectivity index (χ0v) is 19.3. The smallest absolute Gasteiger partial charge is 0.262 e. The van der Waals surface area contributed by atoms with Gasteiger partial charge in [-0.2, -0.15) is 0 Å². The van der Waals surface area contributed by atoms with Crippen molar-refractivity contribution >= 4 is 34.3 Å². The lowest BCUT2D eigenvalue weighted by molar-refractivity contribution is -0.118. The topological polar surface area (TPSA) is 64.4 Å². The first-order valence-corrected chi connectivity index (χ1v) is 10.9. The first-order chi connectivity index (χ1) is 15.3. The molecule has 4 aromatic rings. The molecule has 6 heteroatoms. The Morgan fingerprint density at radius 1 is 1.09 bits per heavy atom. The van der Waals surface area contributed by atoms with Gasteiger partial charge in [0.15, 0.2) is 12.2 Å². The summed E-state index contributed by atoms with van der Waals surface area (Å²) >= 11 is 6.24. The zero-order chi connectivity index (χ0) is 22.8. The number of carbonyl (C=O) groups is 1. The Morgan fingerprint density at radius 3 is 2.53 bits per heavy atom. The first kappa shape index (κ1) is 21.9. The van der Waals surface area contributed by atoms with Crippen molar-refractivity contribution in [3.63, 3.8) is 0 Å². The van der Waals surface area contributed by atoms with Gasteiger partial charge in [-0.05, 0) is 78.9 Å². The highest BCUT2D eigenvalue weighted by molar-refractivity contribution is 6.32. The number of aromatic nitrogens is 1. The van der Waals surface area contributed by atoms with Crippen molar-refractivity contribution in [3.05, 3.63) is 76.3 Å². The molecule has 0 radical (unpaired) electrons. The molecule has 0 aliphatic rings. The summed E-state index contributed by atoms with van der Waals surface area (Å²) in [6.45, 7) is 8.03. The summed E-state index contributed by atoms with van der Waals surface area (Å²) in [6.07, 6.45) is 0. The summed E-state index contributed by atoms with van der Waals surface area (Å²) in [5, 5.41) is 3.33. The van der Waals surface area contributed by atoms with Crippen LogP contribution in [0.4, 0.5) is 5.69 Å². The van der Waals surface area contributed by atoms with E-state index in [1.165, 1.54) is 5.56 Å². The fourth-order valence-corrected chi connectivity index (χ4v) is 3.92. The van der Waals surface area contributed by atoms with Crippen molar-refractivity contribution in [1.82, 2.24) is 4.98 Å². The molecule has 0 fully saturated rings. The Kier molecular flexibility index (Phi) is 6.19. The molecule has 1 N–H and O–H groups in total. The second-order valence-corrected chi connectivity index (χ2v) is 8.62. The number of rotatable bonds is 6. The van der Waals surface area contributed by atoms with E-state index < -0.39 is 0 Å². The minimum absolute atomic E-state index is 0.130. The third kappa shape index (κ3) is 4.78. The van der Waals surface area contributed by atoms with Crippen LogP contribution in [0.15, 0.2) is 59.0 Å². The van der Waals surface area contributed by atoms with Crippen LogP contribution >= 0.6 is 11.6 Å². The third-order valence-electron chi connectivity index (χ3n) is 5.22. The Balaban J connectivity index is 1.41. The number of amides is 1. The number of hydrogen-bond donors (Lipinski definition) is 1. The maximum atomic E-state index is 12.3. The summed E-state index contributed by atoms with van der Waals surface area (Å²) in [4.78, 5) is 16.9. The maximum Gasteiger partial charge on any atom is 0.262 e. The average Bonchev–Trinajstić information content (AvgIpc) is 3.16. The van der Waals surface area contributed by atoms with Crippen LogP contribution in [0.25, 0.3) is 22.6 Å². The Bertz CT molecular complexity index is 1250. The van der Waals surface area contributed by atoms with Gasteiger partial charge in [-0.1, -0.05) is 37.6 Å². The van der Waals surface area contributed by atoms with Gasteiger partial charge >= 0.3 is 0 Å². The summed E-state index contributed by atoms with van der Waals surface area (Å²) < 4.78 is 11.5. The van der Waals surface area contributed by atoms with Crippen LogP contribution in [0, 0.1) is 13.8 Å². The molecule has 0 unspecified atom stereocenters. The van der Waals surface area contributed by atoms with Crippen LogP contribution < -0.4 is 10.1 Å². The van der Waals surface area contributed by atoms with Gasteiger partial charge in [0.05, 0.1) is 5.02 Å². The minimum atomic E-state index is -0.267. The molecule has 32 heavy (non-hydrogen) atoms. The highest BCUT2D eigenvalue weighted by Crippen LogP contribution is 2.30. The highest BCUT2D eigenvalue weighted by Gasteiger charge is 2.12. The van der Waals surface area contributed by atoms with Crippen LogP contribution in [0.1, 0.15) is 36.5 Å². The molecule has 0 saturated carbocycles. The number of halogens is 1. The van der Waals surface area contributed by atoms with Gasteiger partial charge in [0.25, 0.3) is 5.91 Å². The van der Waals surface area contributed by atoms with Gasteiger partial charge < -0.3 is 14.5 Å². The molecule has 0 saturated heterocycles. The monoisotopic (exact) mass is 448 g/mol. The molecule has 0 spiro atoms. The van der Waals surface area contributed by atoms with Crippen LogP contribution in [0.5, 0.6) is 5.75 Å². The predicted molar refractivity (Wildman–Crippen MR) is 129 cm³/mol. The molecule has 0 aliphatic heterocycles. The van der Waals surface area contributed by atoms with E-state index in [1.807, 2.05) is 56.3 Å². The molecule has 1 amide bonds. The number of benzene rings is 3. The fraction of sp³-hybridized carbons (Fsp3) is 0.231. The highest BCUT2D eigenvalue weighted by atomic mass is 35.5. The van der Waals surface area contributed by atoms with E-state index in [0.29, 0.717) is 28.3 Å². The molecule has 0 atom stereocenters. The number of hydrogen-bond acceptors (Lipinski definition) is 4. The lowest BCUT2D eigenvalue weighted by Crippen LogP contribution is -2.20. The second kappa shape index (κ2) is 9.05. The lowest BCUT2D eigenvalue weighted by Gasteiger charge is -2.12. The maximum absolute atomic E-state index is 12.3. The van der Waals surface area contributed by atoms with Crippen LogP contribution in [-0.2, 0) is 4.79 Å². The molecular weight excluding hydrogens is 424 g/mol. The van der Waals surface area contributed by atoms with Gasteiger partial charge in [0.2, 0.25) is 5.89 Å². The van der Waals surface area contributed by atoms with E-state index in [0.717, 1.165) is 27.8 Å². The summed E-state index contributed by atoms with van der Waals surface area (Å²) in [7, 11) is 0. The number of aryl methyl sites for hydroxylation is 2. The Morgan fingerprint density at radius 2 is 1.84 bits per heavy atom. The third-order valence-corrected chi connectivity index (χ3v) is 5.50. The van der Waals surface area contributed by atoms with Crippen molar-refractivity contribution in [2.24, 2.45) is 0 Å². The van der Waals surface area contributed by atoms with E-state index in [-0.39, 0.29) is 12.5 Å². The zero-order valence-electron chi connectivity index (χ0n) is 18.5. The first-order valence-electron chi connectivity index (χ1n) is 10.5. The average molecular weight is 449 g/mol. The van der Waals surface area contributed by atoms with E-state index in [2.05, 4.69) is 36.3 Å². The summed E-state index contributed by atoms with van der Waals surface area (Å²) in [5.41, 5.74) is 6.25. The number of carbonyl (C=O) groups excluding carboxylic acids is 1. The molecule has 164 valence electrons. The van der Waals surface area contributed by atoms with Crippen molar-refractivity contribution in [1.29, 1.82) is 0 Å². The molecule has 4 rings (SSSR count). The molecular formula is C26H25ClN2O3. The lowest BCUT2D eigenvalue weighted by atomic mass is 10.0. The molecule has 0 bridgehead atoms. The van der Waals surface area contributed by atoms with Crippen LogP contribution in [-0.4, -0.2) is 17.5 Å². The van der Waals surface area contributed by atoms with E-state index in [9.17, 15) is 4.79 Å². The van der Waals surface area contributed by atoms with Gasteiger partial charge in [0.1, 0.15) is 11.3 Å². The van der Waals surface area contributed by atoms with Crippen molar-refractivity contribution in [2.75, 3.05) is 11.9 Å². The van der Waals surface area contributed by atoms with E-state index in [4.69, 9.17) is 20.8 Å². The number of oxazole rings is 1. The van der Waals surface area contributed by atoms with E-state index >= 15 is 0 Å². The standard InChI is InChI=1S/C26H25ClN2O3/c1-15(2)19-7-10-23-22(13-19)29-26(32-23)18-5-8-20(9-6-18)28-24(30)14-31-25-17(4)11-16(3)12-21(25)27/h5-13,15H,14H2,1-4H3,(H,28,30). The van der Waals surface area contributed by atoms with Gasteiger partial charge in [-0.3, -0.25) is 4.79 Å². The Labute approximate surface area is 192 Å². The van der Waals surface area contributed by atoms with Crippen molar-refractivity contribution < 1.29 is 13.9 Å². The second-order valence-electron chi connectivity index (χ2n) is 8.21. The van der Waals surface area contributed by atoms with Crippen LogP contribution in [0.3, 0.4) is 0 Å². The number of fused-ring (bicyclic) bond motifs is 1.